The van der Waals surface area contributed by atoms with E-state index in [1.807, 2.05) is 56.3 Å². The van der Waals surface area contributed by atoms with Gasteiger partial charge in [0.1, 0.15) is 5.75 Å². The van der Waals surface area contributed by atoms with Gasteiger partial charge in [-0.3, -0.25) is 14.2 Å². The molecule has 1 N–H and O–H groups in total. The van der Waals surface area contributed by atoms with Crippen LogP contribution < -0.4 is 14.9 Å². The maximum atomic E-state index is 12.7. The second kappa shape index (κ2) is 8.41. The van der Waals surface area contributed by atoms with Crippen LogP contribution in [0.4, 0.5) is 5.69 Å². The van der Waals surface area contributed by atoms with Gasteiger partial charge in [0.2, 0.25) is 0 Å². The molecule has 1 atom stereocenters. The van der Waals surface area contributed by atoms with E-state index in [9.17, 15) is 9.59 Å². The molecule has 3 aromatic rings. The zero-order valence-corrected chi connectivity index (χ0v) is 18.4. The molecule has 5 nitrogen and oxygen atoms in total. The number of aryl methyl sites for hydroxylation is 1. The number of ether oxygens (including phenoxy) is 1. The zero-order valence-electron chi connectivity index (χ0n) is 17.6. The van der Waals surface area contributed by atoms with E-state index in [-0.39, 0.29) is 16.2 Å². The van der Waals surface area contributed by atoms with E-state index in [1.54, 1.807) is 4.57 Å². The molecule has 1 amide bonds. The Morgan fingerprint density at radius 1 is 1.14 bits per heavy atom. The summed E-state index contributed by atoms with van der Waals surface area (Å²) in [6.45, 7) is 11.0. The molecule has 0 saturated carbocycles. The van der Waals surface area contributed by atoms with E-state index >= 15 is 0 Å². The van der Waals surface area contributed by atoms with Crippen LogP contribution in [0.25, 0.3) is 10.2 Å². The third kappa shape index (κ3) is 4.70. The van der Waals surface area contributed by atoms with Crippen molar-refractivity contribution in [2.45, 2.75) is 59.1 Å². The minimum absolute atomic E-state index is 0.0134. The van der Waals surface area contributed by atoms with Gasteiger partial charge in [-0.05, 0) is 54.7 Å². The maximum Gasteiger partial charge on any atom is 0.308 e. The average Bonchev–Trinajstić information content (AvgIpc) is 2.99. The number of anilines is 1. The van der Waals surface area contributed by atoms with Crippen LogP contribution in [0.5, 0.6) is 5.75 Å². The van der Waals surface area contributed by atoms with Gasteiger partial charge < -0.3 is 10.1 Å². The van der Waals surface area contributed by atoms with Gasteiger partial charge in [0.25, 0.3) is 5.91 Å². The number of fused-ring (bicyclic) bond motifs is 1. The van der Waals surface area contributed by atoms with E-state index in [0.717, 1.165) is 10.2 Å². The Labute approximate surface area is 175 Å². The first kappa shape index (κ1) is 21.1. The van der Waals surface area contributed by atoms with Crippen LogP contribution in [-0.2, 0) is 16.8 Å². The van der Waals surface area contributed by atoms with Crippen molar-refractivity contribution in [3.05, 3.63) is 57.7 Å². The fourth-order valence-electron chi connectivity index (χ4n) is 3.19. The molecule has 0 spiro atoms. The van der Waals surface area contributed by atoms with E-state index in [2.05, 4.69) is 26.1 Å². The normalized spacial score (nSPS) is 12.7. The molecule has 3 rings (SSSR count). The molecule has 0 fully saturated rings. The first-order valence-electron chi connectivity index (χ1n) is 9.94. The lowest BCUT2D eigenvalue weighted by Gasteiger charge is -2.21. The minimum atomic E-state index is -0.592. The Kier molecular flexibility index (Phi) is 6.13. The second-order valence-electron chi connectivity index (χ2n) is 8.07. The highest BCUT2D eigenvalue weighted by atomic mass is 32.1. The molecular weight excluding hydrogens is 384 g/mol. The van der Waals surface area contributed by atoms with E-state index in [0.29, 0.717) is 24.4 Å². The molecule has 0 saturated heterocycles. The quantitative estimate of drug-likeness (QED) is 0.607. The topological polar surface area (TPSA) is 60.3 Å². The van der Waals surface area contributed by atoms with Gasteiger partial charge in [0.05, 0.1) is 10.2 Å². The number of hydrogen-bond acceptors (Lipinski definition) is 4. The summed E-state index contributed by atoms with van der Waals surface area (Å²) >= 11 is 1.19. The molecule has 0 aliphatic rings. The second-order valence-corrected chi connectivity index (χ2v) is 9.07. The van der Waals surface area contributed by atoms with Crippen molar-refractivity contribution in [3.8, 4) is 5.75 Å². The van der Waals surface area contributed by atoms with Gasteiger partial charge in [0.15, 0.2) is 6.10 Å². The summed E-state index contributed by atoms with van der Waals surface area (Å²) in [6.07, 6.45) is -0.0422. The molecule has 2 aromatic carbocycles. The Hall–Kier alpha value is -2.60. The fourth-order valence-corrected chi connectivity index (χ4v) is 4.18. The van der Waals surface area contributed by atoms with Crippen LogP contribution in [0.2, 0.25) is 0 Å². The monoisotopic (exact) mass is 412 g/mol. The van der Waals surface area contributed by atoms with Gasteiger partial charge >= 0.3 is 4.87 Å². The number of nitrogens with zero attached hydrogens (tertiary/aromatic N) is 1. The summed E-state index contributed by atoms with van der Waals surface area (Å²) in [5.41, 5.74) is 2.84. The molecule has 0 aliphatic heterocycles. The molecule has 0 aliphatic carbocycles. The Morgan fingerprint density at radius 2 is 1.83 bits per heavy atom. The van der Waals surface area contributed by atoms with E-state index < -0.39 is 6.10 Å². The molecule has 154 valence electrons. The largest absolute Gasteiger partial charge is 0.481 e. The highest BCUT2D eigenvalue weighted by molar-refractivity contribution is 7.16. The van der Waals surface area contributed by atoms with Crippen molar-refractivity contribution in [2.75, 3.05) is 5.32 Å². The van der Waals surface area contributed by atoms with Crippen molar-refractivity contribution in [3.63, 3.8) is 0 Å². The van der Waals surface area contributed by atoms with Crippen molar-refractivity contribution < 1.29 is 9.53 Å². The Morgan fingerprint density at radius 3 is 2.41 bits per heavy atom. The average molecular weight is 413 g/mol. The highest BCUT2D eigenvalue weighted by Crippen LogP contribution is 2.26. The van der Waals surface area contributed by atoms with Crippen molar-refractivity contribution in [1.82, 2.24) is 4.57 Å². The van der Waals surface area contributed by atoms with Gasteiger partial charge in [-0.2, -0.15) is 0 Å². The summed E-state index contributed by atoms with van der Waals surface area (Å²) in [6, 6.07) is 13.4. The molecule has 0 bridgehead atoms. The van der Waals surface area contributed by atoms with Crippen LogP contribution in [0, 0.1) is 0 Å². The molecule has 1 heterocycles. The SMILES string of the molecule is CC[C@H](Oc1ccc(C(C)(C)C)cc1)C(=O)Nc1ccc2c(c1)sc(=O)n2CC. The third-order valence-electron chi connectivity index (χ3n) is 4.91. The minimum Gasteiger partial charge on any atom is -0.481 e. The van der Waals surface area contributed by atoms with Crippen LogP contribution >= 0.6 is 11.3 Å². The van der Waals surface area contributed by atoms with Gasteiger partial charge in [-0.15, -0.1) is 0 Å². The number of hydrogen-bond donors (Lipinski definition) is 1. The van der Waals surface area contributed by atoms with E-state index in [1.165, 1.54) is 16.9 Å². The lowest BCUT2D eigenvalue weighted by atomic mass is 9.87. The van der Waals surface area contributed by atoms with Crippen LogP contribution in [0.1, 0.15) is 46.6 Å². The molecule has 0 unspecified atom stereocenters. The van der Waals surface area contributed by atoms with E-state index in [4.69, 9.17) is 4.74 Å². The number of amides is 1. The highest BCUT2D eigenvalue weighted by Gasteiger charge is 2.20. The number of nitrogens with one attached hydrogen (secondary N) is 1. The number of carbonyl (C=O) groups is 1. The summed E-state index contributed by atoms with van der Waals surface area (Å²) in [4.78, 5) is 24.8. The first-order chi connectivity index (χ1) is 13.7. The standard InChI is InChI=1S/C23H28N2O3S/c1-6-19(28-17-11-8-15(9-12-17)23(3,4)5)21(26)24-16-10-13-18-20(14-16)29-22(27)25(18)7-2/h8-14,19H,6-7H2,1-5H3,(H,24,26)/t19-/m0/s1. The summed E-state index contributed by atoms with van der Waals surface area (Å²) in [7, 11) is 0. The molecule has 29 heavy (non-hydrogen) atoms. The number of benzene rings is 2. The van der Waals surface area contributed by atoms with Gasteiger partial charge in [-0.1, -0.05) is 51.2 Å². The molecule has 0 radical (unpaired) electrons. The van der Waals surface area contributed by atoms with Gasteiger partial charge in [-0.25, -0.2) is 0 Å². The molecule has 1 aromatic heterocycles. The van der Waals surface area contributed by atoms with Crippen LogP contribution in [0.15, 0.2) is 47.3 Å². The zero-order chi connectivity index (χ0) is 21.2. The predicted molar refractivity (Wildman–Crippen MR) is 120 cm³/mol. The Balaban J connectivity index is 1.73. The third-order valence-corrected chi connectivity index (χ3v) is 5.86. The fraction of sp³-hybridized carbons (Fsp3) is 0.391. The summed E-state index contributed by atoms with van der Waals surface area (Å²) in [5.74, 6) is 0.475. The number of carbonyl (C=O) groups excluding carboxylic acids is 1. The van der Waals surface area contributed by atoms with Crippen molar-refractivity contribution in [2.24, 2.45) is 0 Å². The number of rotatable bonds is 6. The van der Waals surface area contributed by atoms with Gasteiger partial charge in [0, 0.05) is 12.2 Å². The van der Waals surface area contributed by atoms with Crippen LogP contribution in [-0.4, -0.2) is 16.6 Å². The number of thiazole rings is 1. The van der Waals surface area contributed by atoms with Crippen molar-refractivity contribution >= 4 is 33.1 Å². The summed E-state index contributed by atoms with van der Waals surface area (Å²) < 4.78 is 8.52. The van der Waals surface area contributed by atoms with Crippen molar-refractivity contribution in [1.29, 1.82) is 0 Å². The predicted octanol–water partition coefficient (Wildman–Crippen LogP) is 5.18. The smallest absolute Gasteiger partial charge is 0.308 e. The maximum absolute atomic E-state index is 12.7. The Bertz CT molecular complexity index is 1060. The van der Waals surface area contributed by atoms with Crippen LogP contribution in [0.3, 0.4) is 0 Å². The number of aromatic nitrogens is 1. The lowest BCUT2D eigenvalue weighted by Crippen LogP contribution is -2.32. The molecular formula is C23H28N2O3S. The lowest BCUT2D eigenvalue weighted by molar-refractivity contribution is -0.122. The summed E-state index contributed by atoms with van der Waals surface area (Å²) in [5, 5.41) is 2.92. The first-order valence-corrected chi connectivity index (χ1v) is 10.8. The molecule has 6 heteroatoms.